The monoisotopic (exact) mass is 293 g/mol. The first-order valence-corrected chi connectivity index (χ1v) is 8.24. The lowest BCUT2D eigenvalue weighted by atomic mass is 10.0. The smallest absolute Gasteiger partial charge is 0.0802 e. The van der Waals surface area contributed by atoms with Gasteiger partial charge < -0.3 is 15.2 Å². The predicted molar refractivity (Wildman–Crippen MR) is 88.6 cm³/mol. The maximum atomic E-state index is 10.1. The fourth-order valence-electron chi connectivity index (χ4n) is 2.37. The summed E-state index contributed by atoms with van der Waals surface area (Å²) in [6, 6.07) is 8.44. The molecule has 0 heterocycles. The third kappa shape index (κ3) is 8.20. The third-order valence-corrected chi connectivity index (χ3v) is 3.76. The summed E-state index contributed by atoms with van der Waals surface area (Å²) in [5.41, 5.74) is 2.39. The lowest BCUT2D eigenvalue weighted by molar-refractivity contribution is 0.162. The predicted octanol–water partition coefficient (Wildman–Crippen LogP) is 3.47. The summed E-state index contributed by atoms with van der Waals surface area (Å²) in [4.78, 5) is 0. The zero-order chi connectivity index (χ0) is 15.3. The number of nitrogens with one attached hydrogen (secondary N) is 1. The molecule has 0 aromatic heterocycles. The van der Waals surface area contributed by atoms with Crippen molar-refractivity contribution < 1.29 is 9.84 Å². The van der Waals surface area contributed by atoms with Crippen molar-refractivity contribution in [1.29, 1.82) is 0 Å². The lowest BCUT2D eigenvalue weighted by Gasteiger charge is -2.12. The van der Waals surface area contributed by atoms with E-state index in [0.29, 0.717) is 6.61 Å². The number of aliphatic hydroxyl groups excluding tert-OH is 1. The average Bonchev–Trinajstić information content (AvgIpc) is 2.52. The second kappa shape index (κ2) is 11.7. The minimum absolute atomic E-state index is 0.380. The van der Waals surface area contributed by atoms with Gasteiger partial charge in [-0.15, -0.1) is 0 Å². The van der Waals surface area contributed by atoms with Crippen molar-refractivity contribution >= 4 is 0 Å². The molecule has 3 nitrogen and oxygen atoms in total. The van der Waals surface area contributed by atoms with Gasteiger partial charge in [0.15, 0.2) is 0 Å². The van der Waals surface area contributed by atoms with Crippen LogP contribution in [-0.2, 0) is 11.2 Å². The fourth-order valence-corrected chi connectivity index (χ4v) is 2.37. The highest BCUT2D eigenvalue weighted by Gasteiger charge is 2.06. The second-order valence-corrected chi connectivity index (χ2v) is 5.60. The maximum Gasteiger partial charge on any atom is 0.0802 e. The molecule has 21 heavy (non-hydrogen) atoms. The van der Waals surface area contributed by atoms with Crippen LogP contribution in [0.25, 0.3) is 0 Å². The van der Waals surface area contributed by atoms with Crippen molar-refractivity contribution in [3.8, 4) is 0 Å². The Morgan fingerprint density at radius 3 is 2.52 bits per heavy atom. The molecule has 0 fully saturated rings. The highest BCUT2D eigenvalue weighted by molar-refractivity contribution is 5.24. The van der Waals surface area contributed by atoms with Crippen molar-refractivity contribution in [3.63, 3.8) is 0 Å². The van der Waals surface area contributed by atoms with E-state index in [9.17, 15) is 5.11 Å². The Bertz CT molecular complexity index is 351. The number of methoxy groups -OCH3 is 1. The van der Waals surface area contributed by atoms with E-state index in [4.69, 9.17) is 4.74 Å². The van der Waals surface area contributed by atoms with E-state index < -0.39 is 0 Å². The van der Waals surface area contributed by atoms with Gasteiger partial charge in [-0.25, -0.2) is 0 Å². The highest BCUT2D eigenvalue weighted by atomic mass is 16.5. The van der Waals surface area contributed by atoms with Crippen LogP contribution in [0.2, 0.25) is 0 Å². The van der Waals surface area contributed by atoms with Gasteiger partial charge in [-0.3, -0.25) is 0 Å². The number of hydrogen-bond donors (Lipinski definition) is 2. The largest absolute Gasteiger partial charge is 0.388 e. The maximum absolute atomic E-state index is 10.1. The fraction of sp³-hybridized carbons (Fsp3) is 0.667. The third-order valence-electron chi connectivity index (χ3n) is 3.76. The van der Waals surface area contributed by atoms with Crippen LogP contribution in [0.5, 0.6) is 0 Å². The summed E-state index contributed by atoms with van der Waals surface area (Å²) in [6.45, 7) is 4.59. The summed E-state index contributed by atoms with van der Waals surface area (Å²) < 4.78 is 4.97. The van der Waals surface area contributed by atoms with Gasteiger partial charge >= 0.3 is 0 Å². The normalized spacial score (nSPS) is 12.5. The number of rotatable bonds is 12. The molecule has 120 valence electrons. The van der Waals surface area contributed by atoms with Crippen LogP contribution in [-0.4, -0.2) is 31.9 Å². The Morgan fingerprint density at radius 1 is 1.10 bits per heavy atom. The van der Waals surface area contributed by atoms with Gasteiger partial charge in [-0.1, -0.05) is 50.5 Å². The Labute approximate surface area is 129 Å². The van der Waals surface area contributed by atoms with E-state index in [1.165, 1.54) is 31.2 Å². The Kier molecular flexibility index (Phi) is 10.1. The van der Waals surface area contributed by atoms with Crippen LogP contribution in [0.4, 0.5) is 0 Å². The summed E-state index contributed by atoms with van der Waals surface area (Å²) in [7, 11) is 1.69. The van der Waals surface area contributed by atoms with Gasteiger partial charge in [0.25, 0.3) is 0 Å². The van der Waals surface area contributed by atoms with Crippen molar-refractivity contribution in [2.75, 3.05) is 26.8 Å². The van der Waals surface area contributed by atoms with Gasteiger partial charge in [0.2, 0.25) is 0 Å². The van der Waals surface area contributed by atoms with Crippen LogP contribution in [0, 0.1) is 0 Å². The van der Waals surface area contributed by atoms with Gasteiger partial charge in [-0.05, 0) is 36.9 Å². The van der Waals surface area contributed by atoms with E-state index >= 15 is 0 Å². The second-order valence-electron chi connectivity index (χ2n) is 5.60. The van der Waals surface area contributed by atoms with Gasteiger partial charge in [0, 0.05) is 13.7 Å². The topological polar surface area (TPSA) is 41.5 Å². The Balaban J connectivity index is 2.25. The summed E-state index contributed by atoms with van der Waals surface area (Å²) >= 11 is 0. The Hall–Kier alpha value is -0.900. The standard InChI is InChI=1S/C18H31NO2/c1-3-4-5-6-7-16-8-10-17(11-9-16)18(20)12-13-19-14-15-21-2/h8-11,18-20H,3-7,12-15H2,1-2H3. The quantitative estimate of drug-likeness (QED) is 0.580. The molecule has 0 spiro atoms. The van der Waals surface area contributed by atoms with Gasteiger partial charge in [-0.2, -0.15) is 0 Å². The zero-order valence-electron chi connectivity index (χ0n) is 13.6. The number of aliphatic hydroxyl groups is 1. The highest BCUT2D eigenvalue weighted by Crippen LogP contribution is 2.17. The zero-order valence-corrected chi connectivity index (χ0v) is 13.6. The molecule has 1 unspecified atom stereocenters. The minimum atomic E-state index is -0.380. The summed E-state index contributed by atoms with van der Waals surface area (Å²) in [5, 5.41) is 13.4. The molecule has 0 bridgehead atoms. The average molecular weight is 293 g/mol. The number of hydrogen-bond acceptors (Lipinski definition) is 3. The van der Waals surface area contributed by atoms with Crippen LogP contribution < -0.4 is 5.32 Å². The minimum Gasteiger partial charge on any atom is -0.388 e. The van der Waals surface area contributed by atoms with E-state index in [1.54, 1.807) is 7.11 Å². The molecule has 0 amide bonds. The molecule has 0 aliphatic carbocycles. The SMILES string of the molecule is CCCCCCc1ccc(C(O)CCNCCOC)cc1. The van der Waals surface area contributed by atoms with Crippen LogP contribution in [0.1, 0.15) is 56.3 Å². The molecule has 1 aromatic rings. The molecule has 3 heteroatoms. The van der Waals surface area contributed by atoms with Crippen molar-refractivity contribution in [3.05, 3.63) is 35.4 Å². The number of ether oxygens (including phenoxy) is 1. The number of benzene rings is 1. The van der Waals surface area contributed by atoms with Crippen LogP contribution in [0.15, 0.2) is 24.3 Å². The molecule has 0 saturated carbocycles. The molecule has 0 radical (unpaired) electrons. The van der Waals surface area contributed by atoms with Crippen molar-refractivity contribution in [1.82, 2.24) is 5.32 Å². The molecular formula is C18H31NO2. The molecule has 0 aliphatic heterocycles. The molecule has 1 atom stereocenters. The molecular weight excluding hydrogens is 262 g/mol. The van der Waals surface area contributed by atoms with E-state index in [0.717, 1.165) is 31.5 Å². The van der Waals surface area contributed by atoms with Gasteiger partial charge in [0.05, 0.1) is 12.7 Å². The Morgan fingerprint density at radius 2 is 1.86 bits per heavy atom. The molecule has 1 rings (SSSR count). The van der Waals surface area contributed by atoms with Crippen LogP contribution in [0.3, 0.4) is 0 Å². The number of aryl methyl sites for hydroxylation is 1. The molecule has 0 saturated heterocycles. The summed E-state index contributed by atoms with van der Waals surface area (Å²) in [5.74, 6) is 0. The summed E-state index contributed by atoms with van der Waals surface area (Å²) in [6.07, 6.45) is 6.69. The van der Waals surface area contributed by atoms with Crippen LogP contribution >= 0.6 is 0 Å². The first kappa shape index (κ1) is 18.1. The molecule has 2 N–H and O–H groups in total. The first-order valence-electron chi connectivity index (χ1n) is 8.24. The first-order chi connectivity index (χ1) is 10.3. The molecule has 0 aliphatic rings. The van der Waals surface area contributed by atoms with Gasteiger partial charge in [0.1, 0.15) is 0 Å². The molecule has 1 aromatic carbocycles. The van der Waals surface area contributed by atoms with E-state index in [2.05, 4.69) is 36.5 Å². The number of unbranched alkanes of at least 4 members (excludes halogenated alkanes) is 3. The van der Waals surface area contributed by atoms with E-state index in [1.807, 2.05) is 0 Å². The lowest BCUT2D eigenvalue weighted by Crippen LogP contribution is -2.21. The van der Waals surface area contributed by atoms with Crippen molar-refractivity contribution in [2.45, 2.75) is 51.6 Å². The van der Waals surface area contributed by atoms with Crippen molar-refractivity contribution in [2.24, 2.45) is 0 Å². The van der Waals surface area contributed by atoms with E-state index in [-0.39, 0.29) is 6.10 Å².